The molecule has 0 aliphatic heterocycles. The van der Waals surface area contributed by atoms with E-state index < -0.39 is 7.60 Å². The maximum Gasteiger partial charge on any atom is 0.335 e. The minimum absolute atomic E-state index is 0.280. The molecule has 0 spiro atoms. The van der Waals surface area contributed by atoms with Crippen molar-refractivity contribution in [3.63, 3.8) is 0 Å². The van der Waals surface area contributed by atoms with Crippen molar-refractivity contribution in [2.75, 3.05) is 13.2 Å². The Balaban J connectivity index is 2.97. The Morgan fingerprint density at radius 2 is 1.19 bits per heavy atom. The zero-order valence-electron chi connectivity index (χ0n) is 21.1. The van der Waals surface area contributed by atoms with Crippen LogP contribution in [0, 0.1) is 0 Å². The first-order chi connectivity index (χ1) is 15.5. The van der Waals surface area contributed by atoms with Crippen LogP contribution in [0.5, 0.6) is 0 Å². The molecule has 0 aliphatic carbocycles. The Hall–Kier alpha value is -0.480. The van der Waals surface area contributed by atoms with E-state index in [2.05, 4.69) is 13.8 Å². The van der Waals surface area contributed by atoms with E-state index in [1.807, 2.05) is 13.8 Å². The Labute approximate surface area is 201 Å². The molecule has 0 atom stereocenters. The highest BCUT2D eigenvalue weighted by Gasteiger charge is 2.28. The van der Waals surface area contributed by atoms with Gasteiger partial charge in [-0.25, -0.2) is 0 Å². The SMILES string of the molecule is CCCCCCCCc1c(C=O)sc(CP(=O)(OCC)OCC)c1CCCCCCCC. The fraction of sp³-hybridized carbons (Fsp3) is 0.808. The second-order valence-electron chi connectivity index (χ2n) is 8.60. The van der Waals surface area contributed by atoms with Crippen molar-refractivity contribution in [1.29, 1.82) is 0 Å². The highest BCUT2D eigenvalue weighted by Crippen LogP contribution is 2.53. The summed E-state index contributed by atoms with van der Waals surface area (Å²) in [5.74, 6) is 0. The fourth-order valence-electron chi connectivity index (χ4n) is 4.22. The van der Waals surface area contributed by atoms with Crippen molar-refractivity contribution < 1.29 is 18.4 Å². The third-order valence-corrected chi connectivity index (χ3v) is 9.31. The number of aldehydes is 1. The average Bonchev–Trinajstić information content (AvgIpc) is 3.09. The summed E-state index contributed by atoms with van der Waals surface area (Å²) in [6.45, 7) is 8.89. The lowest BCUT2D eigenvalue weighted by molar-refractivity contribution is 0.112. The standard InChI is InChI=1S/C26H47O4PS/c1-5-9-11-13-15-17-19-23-24(20-18-16-14-12-10-6-2)26(32-25(23)21-27)22-31(28,29-7-3)30-8-4/h21H,5-20,22H2,1-4H3. The Kier molecular flexibility index (Phi) is 16.6. The molecular weight excluding hydrogens is 439 g/mol. The molecule has 0 saturated heterocycles. The fourth-order valence-corrected chi connectivity index (χ4v) is 7.55. The zero-order valence-corrected chi connectivity index (χ0v) is 22.8. The first-order valence-electron chi connectivity index (χ1n) is 13.0. The van der Waals surface area contributed by atoms with Gasteiger partial charge >= 0.3 is 7.60 Å². The zero-order chi connectivity index (χ0) is 23.7. The Morgan fingerprint density at radius 3 is 1.66 bits per heavy atom. The van der Waals surface area contributed by atoms with Gasteiger partial charge in [-0.05, 0) is 50.7 Å². The predicted molar refractivity (Wildman–Crippen MR) is 138 cm³/mol. The van der Waals surface area contributed by atoms with Gasteiger partial charge in [0.05, 0.1) is 24.3 Å². The van der Waals surface area contributed by atoms with Crippen LogP contribution in [-0.2, 0) is 32.6 Å². The lowest BCUT2D eigenvalue weighted by atomic mass is 9.97. The molecule has 32 heavy (non-hydrogen) atoms. The van der Waals surface area contributed by atoms with Gasteiger partial charge in [0.1, 0.15) is 0 Å². The number of hydrogen-bond acceptors (Lipinski definition) is 5. The molecule has 0 fully saturated rings. The summed E-state index contributed by atoms with van der Waals surface area (Å²) >= 11 is 1.51. The molecule has 0 aromatic carbocycles. The summed E-state index contributed by atoms with van der Waals surface area (Å²) in [5, 5.41) is 0. The molecule has 4 nitrogen and oxygen atoms in total. The van der Waals surface area contributed by atoms with Crippen molar-refractivity contribution >= 4 is 25.2 Å². The van der Waals surface area contributed by atoms with Crippen LogP contribution in [0.1, 0.15) is 130 Å². The van der Waals surface area contributed by atoms with E-state index in [1.54, 1.807) is 0 Å². The lowest BCUT2D eigenvalue weighted by Crippen LogP contribution is -2.02. The molecule has 0 bridgehead atoms. The molecule has 0 unspecified atom stereocenters. The van der Waals surface area contributed by atoms with Crippen molar-refractivity contribution in [3.8, 4) is 0 Å². The van der Waals surface area contributed by atoms with Crippen LogP contribution in [0.4, 0.5) is 0 Å². The van der Waals surface area contributed by atoms with Gasteiger partial charge in [0.25, 0.3) is 0 Å². The maximum absolute atomic E-state index is 13.2. The number of carbonyl (C=O) groups excluding carboxylic acids is 1. The van der Waals surface area contributed by atoms with Crippen LogP contribution in [0.25, 0.3) is 0 Å². The van der Waals surface area contributed by atoms with Gasteiger partial charge in [-0.2, -0.15) is 0 Å². The predicted octanol–water partition coefficient (Wildman–Crippen LogP) is 9.13. The Morgan fingerprint density at radius 1 is 0.719 bits per heavy atom. The van der Waals surface area contributed by atoms with Crippen molar-refractivity contribution in [2.45, 2.75) is 124 Å². The lowest BCUT2D eigenvalue weighted by Gasteiger charge is -2.17. The second kappa shape index (κ2) is 17.9. The smallest absolute Gasteiger partial charge is 0.309 e. The number of rotatable bonds is 21. The van der Waals surface area contributed by atoms with Crippen molar-refractivity contribution in [2.24, 2.45) is 0 Å². The second-order valence-corrected chi connectivity index (χ2v) is 11.8. The number of carbonyl (C=O) groups is 1. The first kappa shape index (κ1) is 29.6. The van der Waals surface area contributed by atoms with Gasteiger partial charge in [0.15, 0.2) is 6.29 Å². The molecule has 1 aromatic heterocycles. The van der Waals surface area contributed by atoms with Gasteiger partial charge in [0.2, 0.25) is 0 Å². The third kappa shape index (κ3) is 11.1. The first-order valence-corrected chi connectivity index (χ1v) is 15.6. The summed E-state index contributed by atoms with van der Waals surface area (Å²) in [6, 6.07) is 0. The van der Waals surface area contributed by atoms with Crippen LogP contribution in [0.2, 0.25) is 0 Å². The third-order valence-electron chi connectivity index (χ3n) is 5.89. The number of thiophene rings is 1. The van der Waals surface area contributed by atoms with Gasteiger partial charge in [-0.1, -0.05) is 78.1 Å². The molecule has 0 aliphatic rings. The summed E-state index contributed by atoms with van der Waals surface area (Å²) in [5.41, 5.74) is 2.45. The largest absolute Gasteiger partial charge is 0.335 e. The summed E-state index contributed by atoms with van der Waals surface area (Å²) in [7, 11) is -3.19. The highest BCUT2D eigenvalue weighted by molar-refractivity contribution is 7.53. The number of hydrogen-bond donors (Lipinski definition) is 0. The molecule has 1 rings (SSSR count). The summed E-state index contributed by atoms with van der Waals surface area (Å²) < 4.78 is 24.4. The molecule has 0 amide bonds. The van der Waals surface area contributed by atoms with E-state index in [4.69, 9.17) is 9.05 Å². The molecule has 0 saturated carbocycles. The van der Waals surface area contributed by atoms with Crippen molar-refractivity contribution in [3.05, 3.63) is 20.9 Å². The van der Waals surface area contributed by atoms with E-state index in [-0.39, 0.29) is 6.16 Å². The molecule has 186 valence electrons. The molecule has 1 aromatic rings. The number of unbranched alkanes of at least 4 members (excludes halogenated alkanes) is 10. The van der Waals surface area contributed by atoms with E-state index in [0.717, 1.165) is 41.7 Å². The van der Waals surface area contributed by atoms with Gasteiger partial charge in [-0.15, -0.1) is 11.3 Å². The van der Waals surface area contributed by atoms with Crippen LogP contribution in [0.15, 0.2) is 0 Å². The normalized spacial score (nSPS) is 11.9. The summed E-state index contributed by atoms with van der Waals surface area (Å²) in [4.78, 5) is 13.8. The minimum Gasteiger partial charge on any atom is -0.309 e. The topological polar surface area (TPSA) is 52.6 Å². The highest BCUT2D eigenvalue weighted by atomic mass is 32.1. The van der Waals surface area contributed by atoms with E-state index in [9.17, 15) is 9.36 Å². The molecule has 6 heteroatoms. The maximum atomic E-state index is 13.2. The average molecular weight is 487 g/mol. The van der Waals surface area contributed by atoms with Crippen LogP contribution in [-0.4, -0.2) is 19.5 Å². The Bertz CT molecular complexity index is 661. The van der Waals surface area contributed by atoms with Crippen LogP contribution < -0.4 is 0 Å². The van der Waals surface area contributed by atoms with Gasteiger partial charge in [-0.3, -0.25) is 9.36 Å². The van der Waals surface area contributed by atoms with E-state index in [0.29, 0.717) is 13.2 Å². The van der Waals surface area contributed by atoms with Crippen LogP contribution >= 0.6 is 18.9 Å². The van der Waals surface area contributed by atoms with E-state index in [1.165, 1.54) is 86.7 Å². The molecular formula is C26H47O4PS. The monoisotopic (exact) mass is 486 g/mol. The van der Waals surface area contributed by atoms with Gasteiger partial charge < -0.3 is 9.05 Å². The summed E-state index contributed by atoms with van der Waals surface area (Å²) in [6.07, 6.45) is 18.0. The van der Waals surface area contributed by atoms with Gasteiger partial charge in [0, 0.05) is 4.88 Å². The quantitative estimate of drug-likeness (QED) is 0.0987. The molecule has 0 radical (unpaired) electrons. The molecule has 0 N–H and O–H groups in total. The minimum atomic E-state index is -3.19. The molecule has 1 heterocycles. The van der Waals surface area contributed by atoms with Crippen LogP contribution in [0.3, 0.4) is 0 Å². The van der Waals surface area contributed by atoms with E-state index >= 15 is 0 Å². The van der Waals surface area contributed by atoms with Crippen molar-refractivity contribution in [1.82, 2.24) is 0 Å².